The van der Waals surface area contributed by atoms with Gasteiger partial charge in [0.1, 0.15) is 5.75 Å². The molecule has 0 amide bonds. The van der Waals surface area contributed by atoms with Crippen LogP contribution in [0.2, 0.25) is 10.0 Å². The Hall–Kier alpha value is -2.45. The lowest BCUT2D eigenvalue weighted by Gasteiger charge is -2.10. The highest BCUT2D eigenvalue weighted by Gasteiger charge is 2.35. The van der Waals surface area contributed by atoms with E-state index < -0.39 is 11.9 Å². The monoisotopic (exact) mass is 417 g/mol. The molecule has 0 aliphatic rings. The predicted octanol–water partition coefficient (Wildman–Crippen LogP) is 6.03. The number of rotatable bonds is 4. The number of aromatic nitrogens is 3. The molecule has 0 saturated carbocycles. The lowest BCUT2D eigenvalue weighted by Crippen LogP contribution is -2.06. The van der Waals surface area contributed by atoms with Crippen LogP contribution in [0.15, 0.2) is 36.4 Å². The van der Waals surface area contributed by atoms with Gasteiger partial charge in [-0.1, -0.05) is 23.2 Å². The molecular weight excluding hydrogens is 406 g/mol. The van der Waals surface area contributed by atoms with Crippen molar-refractivity contribution in [2.24, 2.45) is 7.05 Å². The van der Waals surface area contributed by atoms with E-state index >= 15 is 0 Å². The maximum absolute atomic E-state index is 12.8. The molecule has 0 saturated heterocycles. The second-order valence-electron chi connectivity index (χ2n) is 5.59. The Morgan fingerprint density at radius 3 is 2.22 bits per heavy atom. The second kappa shape index (κ2) is 7.28. The minimum Gasteiger partial charge on any atom is -0.439 e. The molecule has 0 spiro atoms. The fourth-order valence-corrected chi connectivity index (χ4v) is 2.45. The van der Waals surface area contributed by atoms with Gasteiger partial charge in [-0.3, -0.25) is 0 Å². The third kappa shape index (κ3) is 4.64. The third-order valence-corrected chi connectivity index (χ3v) is 4.11. The molecule has 0 aliphatic heterocycles. The number of aryl methyl sites for hydroxylation is 2. The highest BCUT2D eigenvalue weighted by Crippen LogP contribution is 2.33. The molecule has 1 aromatic carbocycles. The van der Waals surface area contributed by atoms with Gasteiger partial charge in [0.2, 0.25) is 17.6 Å². The van der Waals surface area contributed by atoms with Crippen LogP contribution in [-0.2, 0) is 13.2 Å². The van der Waals surface area contributed by atoms with Crippen LogP contribution in [0.25, 0.3) is 0 Å². The maximum Gasteiger partial charge on any atom is 0.435 e. The third-order valence-electron chi connectivity index (χ3n) is 3.37. The average Bonchev–Trinajstić information content (AvgIpc) is 2.91. The molecule has 0 atom stereocenters. The van der Waals surface area contributed by atoms with Gasteiger partial charge in [0.25, 0.3) is 0 Å². The van der Waals surface area contributed by atoms with Crippen LogP contribution < -0.4 is 9.47 Å². The number of pyridine rings is 1. The summed E-state index contributed by atoms with van der Waals surface area (Å²) in [6.07, 6.45) is -4.57. The largest absolute Gasteiger partial charge is 0.439 e. The molecule has 0 unspecified atom stereocenters. The van der Waals surface area contributed by atoms with E-state index in [1.807, 2.05) is 0 Å². The van der Waals surface area contributed by atoms with Gasteiger partial charge in [-0.15, -0.1) is 0 Å². The van der Waals surface area contributed by atoms with Crippen molar-refractivity contribution in [1.82, 2.24) is 14.8 Å². The molecule has 0 bridgehead atoms. The zero-order chi connectivity index (χ0) is 19.8. The Morgan fingerprint density at radius 1 is 0.963 bits per heavy atom. The molecule has 0 aliphatic carbocycles. The molecule has 0 fully saturated rings. The summed E-state index contributed by atoms with van der Waals surface area (Å²) in [5, 5.41) is 4.08. The van der Waals surface area contributed by atoms with E-state index in [0.717, 1.165) is 16.3 Å². The summed E-state index contributed by atoms with van der Waals surface area (Å²) >= 11 is 11.8. The van der Waals surface area contributed by atoms with E-state index in [4.69, 9.17) is 32.7 Å². The average molecular weight is 418 g/mol. The predicted molar refractivity (Wildman–Crippen MR) is 93.8 cm³/mol. The SMILES string of the molecule is Cc1cc(Oc2ccc(Cl)c(Cl)c2)nc(Oc2cc(C(F)(F)F)nn2C)c1. The molecule has 2 heterocycles. The normalized spacial score (nSPS) is 11.5. The van der Waals surface area contributed by atoms with Crippen LogP contribution in [0.5, 0.6) is 23.4 Å². The van der Waals surface area contributed by atoms with Crippen molar-refractivity contribution in [3.05, 3.63) is 57.7 Å². The minimum absolute atomic E-state index is 0.0572. The van der Waals surface area contributed by atoms with Gasteiger partial charge in [-0.2, -0.15) is 23.3 Å². The first kappa shape index (κ1) is 19.3. The van der Waals surface area contributed by atoms with Gasteiger partial charge >= 0.3 is 6.18 Å². The molecule has 0 N–H and O–H groups in total. The Morgan fingerprint density at radius 2 is 1.63 bits per heavy atom. The van der Waals surface area contributed by atoms with Crippen LogP contribution in [0.3, 0.4) is 0 Å². The van der Waals surface area contributed by atoms with Gasteiger partial charge < -0.3 is 9.47 Å². The molecular formula is C17H12Cl2F3N3O2. The molecule has 5 nitrogen and oxygen atoms in total. The fraction of sp³-hybridized carbons (Fsp3) is 0.176. The Kier molecular flexibility index (Phi) is 5.21. The quantitative estimate of drug-likeness (QED) is 0.519. The Balaban J connectivity index is 1.85. The zero-order valence-corrected chi connectivity index (χ0v) is 15.5. The number of alkyl halides is 3. The highest BCUT2D eigenvalue weighted by molar-refractivity contribution is 6.42. The summed E-state index contributed by atoms with van der Waals surface area (Å²) in [5.74, 6) is 0.526. The van der Waals surface area contributed by atoms with E-state index in [0.29, 0.717) is 15.8 Å². The van der Waals surface area contributed by atoms with Crippen molar-refractivity contribution in [3.8, 4) is 23.4 Å². The standard InChI is InChI=1S/C17H12Cl2F3N3O2/c1-9-5-14(26-10-3-4-11(18)12(19)7-10)23-15(6-9)27-16-8-13(17(20,21)22)24-25(16)2/h3-8H,1-2H3. The molecule has 142 valence electrons. The van der Waals surface area contributed by atoms with Crippen LogP contribution in [0.4, 0.5) is 13.2 Å². The number of halogens is 5. The van der Waals surface area contributed by atoms with Crippen LogP contribution >= 0.6 is 23.2 Å². The number of ether oxygens (including phenoxy) is 2. The van der Waals surface area contributed by atoms with Crippen molar-refractivity contribution in [3.63, 3.8) is 0 Å². The molecule has 3 rings (SSSR count). The minimum atomic E-state index is -4.57. The van der Waals surface area contributed by atoms with Crippen molar-refractivity contribution in [2.45, 2.75) is 13.1 Å². The van der Waals surface area contributed by atoms with Gasteiger partial charge in [0, 0.05) is 31.3 Å². The second-order valence-corrected chi connectivity index (χ2v) is 6.40. The Bertz CT molecular complexity index is 990. The first-order chi connectivity index (χ1) is 12.6. The summed E-state index contributed by atoms with van der Waals surface area (Å²) in [5.41, 5.74) is -0.326. The van der Waals surface area contributed by atoms with Crippen molar-refractivity contribution < 1.29 is 22.6 Å². The molecule has 27 heavy (non-hydrogen) atoms. The van der Waals surface area contributed by atoms with Crippen molar-refractivity contribution in [1.29, 1.82) is 0 Å². The summed E-state index contributed by atoms with van der Waals surface area (Å²) < 4.78 is 50.3. The summed E-state index contributed by atoms with van der Waals surface area (Å²) in [4.78, 5) is 4.15. The summed E-state index contributed by atoms with van der Waals surface area (Å²) in [7, 11) is 1.34. The van der Waals surface area contributed by atoms with E-state index in [2.05, 4.69) is 10.1 Å². The fourth-order valence-electron chi connectivity index (χ4n) is 2.16. The van der Waals surface area contributed by atoms with E-state index in [-0.39, 0.29) is 17.6 Å². The van der Waals surface area contributed by atoms with Crippen molar-refractivity contribution >= 4 is 23.2 Å². The first-order valence-corrected chi connectivity index (χ1v) is 8.28. The van der Waals surface area contributed by atoms with E-state index in [1.54, 1.807) is 31.2 Å². The molecule has 3 aromatic rings. The number of benzene rings is 1. The lowest BCUT2D eigenvalue weighted by molar-refractivity contribution is -0.141. The van der Waals surface area contributed by atoms with Crippen LogP contribution in [0.1, 0.15) is 11.3 Å². The first-order valence-electron chi connectivity index (χ1n) is 7.52. The lowest BCUT2D eigenvalue weighted by atomic mass is 10.3. The van der Waals surface area contributed by atoms with Gasteiger partial charge in [-0.05, 0) is 24.6 Å². The Labute approximate surface area is 162 Å². The summed E-state index contributed by atoms with van der Waals surface area (Å²) in [6, 6.07) is 8.69. The van der Waals surface area contributed by atoms with Gasteiger partial charge in [0.15, 0.2) is 5.69 Å². The number of hydrogen-bond acceptors (Lipinski definition) is 4. The van der Waals surface area contributed by atoms with E-state index in [1.165, 1.54) is 13.1 Å². The molecule has 2 aromatic heterocycles. The van der Waals surface area contributed by atoms with Crippen LogP contribution in [0, 0.1) is 6.92 Å². The van der Waals surface area contributed by atoms with E-state index in [9.17, 15) is 13.2 Å². The van der Waals surface area contributed by atoms with Crippen molar-refractivity contribution in [2.75, 3.05) is 0 Å². The zero-order valence-electron chi connectivity index (χ0n) is 14.0. The van der Waals surface area contributed by atoms with Gasteiger partial charge in [0.05, 0.1) is 10.0 Å². The smallest absolute Gasteiger partial charge is 0.435 e. The van der Waals surface area contributed by atoms with Crippen LogP contribution in [-0.4, -0.2) is 14.8 Å². The topological polar surface area (TPSA) is 49.2 Å². The number of nitrogens with zero attached hydrogens (tertiary/aromatic N) is 3. The summed E-state index contributed by atoms with van der Waals surface area (Å²) in [6.45, 7) is 1.76. The maximum atomic E-state index is 12.8. The number of hydrogen-bond donors (Lipinski definition) is 0. The molecule has 0 radical (unpaired) electrons. The molecule has 10 heteroatoms. The highest BCUT2D eigenvalue weighted by atomic mass is 35.5. The van der Waals surface area contributed by atoms with Gasteiger partial charge in [-0.25, -0.2) is 4.68 Å².